The van der Waals surface area contributed by atoms with Gasteiger partial charge in [-0.25, -0.2) is 0 Å². The SMILES string of the molecule is CCCCCCCCSC(CCC(=O)OCCCCCCCCC(CCCCCCCCOC(=O)CCC(SCCCCCCCC)SCCCCCCCC)OC(=O)CCCN(CC)CC)SCCCCCCCC. The van der Waals surface area contributed by atoms with Crippen molar-refractivity contribution in [1.82, 2.24) is 4.90 Å². The molecule has 0 saturated heterocycles. The van der Waals surface area contributed by atoms with Gasteiger partial charge in [-0.05, 0) is 126 Å². The van der Waals surface area contributed by atoms with Crippen molar-refractivity contribution in [2.24, 2.45) is 0 Å². The summed E-state index contributed by atoms with van der Waals surface area (Å²) in [6.07, 6.45) is 51.3. The van der Waals surface area contributed by atoms with Crippen molar-refractivity contribution in [1.29, 1.82) is 0 Å². The van der Waals surface area contributed by atoms with Crippen LogP contribution in [0.4, 0.5) is 0 Å². The molecule has 452 valence electrons. The van der Waals surface area contributed by atoms with Crippen LogP contribution in [-0.2, 0) is 28.6 Å². The largest absolute Gasteiger partial charge is 0.466 e. The number of rotatable bonds is 63. The smallest absolute Gasteiger partial charge is 0.306 e. The van der Waals surface area contributed by atoms with Gasteiger partial charge in [-0.2, -0.15) is 0 Å². The molecule has 0 aliphatic carbocycles. The van der Waals surface area contributed by atoms with Crippen LogP contribution in [0.15, 0.2) is 0 Å². The van der Waals surface area contributed by atoms with E-state index in [-0.39, 0.29) is 24.0 Å². The molecule has 0 aromatic rings. The lowest BCUT2D eigenvalue weighted by Gasteiger charge is -2.20. The minimum absolute atomic E-state index is 0.00442. The van der Waals surface area contributed by atoms with E-state index in [1.807, 2.05) is 0 Å². The summed E-state index contributed by atoms with van der Waals surface area (Å²) in [6, 6.07) is 0. The van der Waals surface area contributed by atoms with Crippen LogP contribution < -0.4 is 0 Å². The van der Waals surface area contributed by atoms with Crippen LogP contribution in [0, 0.1) is 0 Å². The van der Waals surface area contributed by atoms with Crippen molar-refractivity contribution in [2.45, 2.75) is 339 Å². The van der Waals surface area contributed by atoms with Crippen LogP contribution in [0.2, 0.25) is 0 Å². The summed E-state index contributed by atoms with van der Waals surface area (Å²) in [6.45, 7) is 17.5. The molecular weight excluding hydrogens is 1020 g/mol. The fourth-order valence-electron chi connectivity index (χ4n) is 9.66. The molecule has 11 heteroatoms. The number of esters is 3. The highest BCUT2D eigenvalue weighted by molar-refractivity contribution is 8.17. The summed E-state index contributed by atoms with van der Waals surface area (Å²) in [7, 11) is 0. The monoisotopic (exact) mass is 1150 g/mol. The second-order valence-electron chi connectivity index (χ2n) is 22.0. The number of thioether (sulfide) groups is 4. The molecule has 0 spiro atoms. The number of hydrogen-bond acceptors (Lipinski definition) is 11. The average molecular weight is 1150 g/mol. The van der Waals surface area contributed by atoms with E-state index in [2.05, 4.69) is 93.5 Å². The molecule has 0 rings (SSSR count). The quantitative estimate of drug-likeness (QED) is 0.0253. The normalized spacial score (nSPS) is 11.8. The molecule has 76 heavy (non-hydrogen) atoms. The van der Waals surface area contributed by atoms with E-state index in [1.165, 1.54) is 190 Å². The molecule has 7 nitrogen and oxygen atoms in total. The van der Waals surface area contributed by atoms with Crippen molar-refractivity contribution in [3.05, 3.63) is 0 Å². The first-order valence-electron chi connectivity index (χ1n) is 33.0. The van der Waals surface area contributed by atoms with Crippen molar-refractivity contribution in [2.75, 3.05) is 55.9 Å². The molecule has 0 fully saturated rings. The second-order valence-corrected chi connectivity index (χ2v) is 27.8. The van der Waals surface area contributed by atoms with E-state index in [9.17, 15) is 14.4 Å². The van der Waals surface area contributed by atoms with Gasteiger partial charge in [0.1, 0.15) is 6.10 Å². The summed E-state index contributed by atoms with van der Waals surface area (Å²) >= 11 is 8.33. The predicted octanol–water partition coefficient (Wildman–Crippen LogP) is 21.2. The van der Waals surface area contributed by atoms with Crippen LogP contribution in [0.25, 0.3) is 0 Å². The van der Waals surface area contributed by atoms with E-state index in [0.29, 0.717) is 41.6 Å². The van der Waals surface area contributed by atoms with E-state index < -0.39 is 0 Å². The zero-order chi connectivity index (χ0) is 55.5. The van der Waals surface area contributed by atoms with Crippen molar-refractivity contribution < 1.29 is 28.6 Å². The number of unbranched alkanes of at least 4 members (excludes halogenated alkanes) is 30. The van der Waals surface area contributed by atoms with Gasteiger partial charge >= 0.3 is 17.9 Å². The molecule has 0 radical (unpaired) electrons. The summed E-state index contributed by atoms with van der Waals surface area (Å²) < 4.78 is 18.6. The Balaban J connectivity index is 4.57. The Morgan fingerprint density at radius 3 is 0.961 bits per heavy atom. The van der Waals surface area contributed by atoms with Crippen LogP contribution in [0.3, 0.4) is 0 Å². The van der Waals surface area contributed by atoms with Crippen LogP contribution in [0.1, 0.15) is 324 Å². The van der Waals surface area contributed by atoms with Crippen molar-refractivity contribution in [3.63, 3.8) is 0 Å². The van der Waals surface area contributed by atoms with Crippen molar-refractivity contribution >= 4 is 65.0 Å². The molecule has 0 amide bonds. The van der Waals surface area contributed by atoms with E-state index in [0.717, 1.165) is 116 Å². The molecule has 0 atom stereocenters. The third kappa shape index (κ3) is 55.7. The Morgan fingerprint density at radius 1 is 0.329 bits per heavy atom. The number of carbonyl (C=O) groups is 3. The number of ether oxygens (including phenoxy) is 3. The molecular formula is C65H127NO6S4. The molecule has 0 aliphatic heterocycles. The van der Waals surface area contributed by atoms with Gasteiger partial charge in [-0.15, -0.1) is 47.0 Å². The Hall–Kier alpha value is -0.230. The molecule has 0 aromatic heterocycles. The lowest BCUT2D eigenvalue weighted by Crippen LogP contribution is -2.25. The van der Waals surface area contributed by atoms with Gasteiger partial charge in [0.15, 0.2) is 0 Å². The number of hydrogen-bond donors (Lipinski definition) is 0. The average Bonchev–Trinajstić information content (AvgIpc) is 3.42. The Morgan fingerprint density at radius 2 is 0.632 bits per heavy atom. The zero-order valence-electron chi connectivity index (χ0n) is 51.2. The predicted molar refractivity (Wildman–Crippen MR) is 343 cm³/mol. The summed E-state index contributed by atoms with van der Waals surface area (Å²) in [5.41, 5.74) is 0. The fraction of sp³-hybridized carbons (Fsp3) is 0.954. The maximum atomic E-state index is 13.0. The molecule has 0 saturated carbocycles. The Labute approximate surface area is 490 Å². The van der Waals surface area contributed by atoms with E-state index in [1.54, 1.807) is 0 Å². The molecule has 0 bridgehead atoms. The number of carbonyl (C=O) groups excluding carboxylic acids is 3. The molecule has 0 aromatic carbocycles. The first-order valence-corrected chi connectivity index (χ1v) is 37.2. The van der Waals surface area contributed by atoms with Crippen molar-refractivity contribution in [3.8, 4) is 0 Å². The highest BCUT2D eigenvalue weighted by Crippen LogP contribution is 2.32. The topological polar surface area (TPSA) is 82.1 Å². The summed E-state index contributed by atoms with van der Waals surface area (Å²) in [5.74, 6) is 4.75. The highest BCUT2D eigenvalue weighted by Gasteiger charge is 2.17. The molecule has 0 aliphatic rings. The van der Waals surface area contributed by atoms with Crippen LogP contribution in [0.5, 0.6) is 0 Å². The molecule has 0 N–H and O–H groups in total. The zero-order valence-corrected chi connectivity index (χ0v) is 54.5. The molecule has 0 unspecified atom stereocenters. The Kier molecular flexibility index (Phi) is 62.2. The van der Waals surface area contributed by atoms with Gasteiger partial charge in [0.25, 0.3) is 0 Å². The maximum absolute atomic E-state index is 13.0. The van der Waals surface area contributed by atoms with Gasteiger partial charge in [0, 0.05) is 19.3 Å². The van der Waals surface area contributed by atoms with Gasteiger partial charge in [0.2, 0.25) is 0 Å². The van der Waals surface area contributed by atoms with E-state index >= 15 is 0 Å². The van der Waals surface area contributed by atoms with Gasteiger partial charge in [-0.1, -0.05) is 221 Å². The molecule has 0 heterocycles. The third-order valence-electron chi connectivity index (χ3n) is 14.8. The first-order chi connectivity index (χ1) is 37.3. The summed E-state index contributed by atoms with van der Waals surface area (Å²) in [4.78, 5) is 40.8. The minimum Gasteiger partial charge on any atom is -0.466 e. The lowest BCUT2D eigenvalue weighted by molar-refractivity contribution is -0.150. The Bertz CT molecular complexity index is 1100. The fourth-order valence-corrected chi connectivity index (χ4v) is 15.3. The lowest BCUT2D eigenvalue weighted by atomic mass is 10.0. The van der Waals surface area contributed by atoms with Crippen LogP contribution >= 0.6 is 47.0 Å². The summed E-state index contributed by atoms with van der Waals surface area (Å²) in [5, 5.41) is 0. The van der Waals surface area contributed by atoms with Gasteiger partial charge in [-0.3, -0.25) is 14.4 Å². The maximum Gasteiger partial charge on any atom is 0.306 e. The number of nitrogens with zero attached hydrogens (tertiary/aromatic N) is 1. The standard InChI is InChI=1S/C65H127NO6S4/c1-7-13-17-21-33-41-56-73-64(74-57-42-34-22-18-14-8-2)51-49-61(67)70-54-39-31-27-25-29-37-46-60(72-63(69)48-45-53-66(11-5)12-6)47-38-30-26-28-32-40-55-71-62(68)50-52-65(75-58-43-35-23-19-15-9-3)76-59-44-36-24-20-16-10-4/h60,64-65H,7-59H2,1-6H3. The van der Waals surface area contributed by atoms with E-state index in [4.69, 9.17) is 14.2 Å². The van der Waals surface area contributed by atoms with Gasteiger partial charge in [0.05, 0.1) is 22.4 Å². The second kappa shape index (κ2) is 62.4. The minimum atomic E-state index is -0.0371. The van der Waals surface area contributed by atoms with Gasteiger partial charge < -0.3 is 19.1 Å². The third-order valence-corrected chi connectivity index (χ3v) is 21.0. The highest BCUT2D eigenvalue weighted by atomic mass is 32.2. The van der Waals surface area contributed by atoms with Crippen LogP contribution in [-0.4, -0.2) is 93.9 Å². The first kappa shape index (κ1) is 75.8.